The van der Waals surface area contributed by atoms with Crippen molar-refractivity contribution in [3.8, 4) is 5.75 Å². The minimum Gasteiger partial charge on any atom is -0.497 e. The van der Waals surface area contributed by atoms with Gasteiger partial charge in [0.2, 0.25) is 0 Å². The number of β-amino-alcohol motifs (C(OH)–C–C–N with tert-alkyl or cyclic N) is 1. The van der Waals surface area contributed by atoms with Crippen LogP contribution >= 0.6 is 0 Å². The Morgan fingerprint density at radius 2 is 2.14 bits per heavy atom. The second-order valence-corrected chi connectivity index (χ2v) is 5.83. The van der Waals surface area contributed by atoms with Crippen LogP contribution < -0.4 is 4.74 Å². The smallest absolute Gasteiger partial charge is 0.119 e. The number of likely N-dealkylation sites (tertiary alicyclic amines) is 1. The van der Waals surface area contributed by atoms with Crippen LogP contribution in [0, 0.1) is 0 Å². The van der Waals surface area contributed by atoms with Gasteiger partial charge in [0.15, 0.2) is 0 Å². The fourth-order valence-corrected chi connectivity index (χ4v) is 3.13. The second-order valence-electron chi connectivity index (χ2n) is 5.83. The van der Waals surface area contributed by atoms with Crippen molar-refractivity contribution in [2.75, 3.05) is 20.2 Å². The van der Waals surface area contributed by atoms with E-state index in [0.29, 0.717) is 6.54 Å². The molecule has 0 aromatic heterocycles. The van der Waals surface area contributed by atoms with Crippen LogP contribution in [0.3, 0.4) is 0 Å². The van der Waals surface area contributed by atoms with Crippen molar-refractivity contribution in [2.24, 2.45) is 0 Å². The molecule has 0 aliphatic carbocycles. The molecule has 1 aliphatic rings. The summed E-state index contributed by atoms with van der Waals surface area (Å²) in [6.45, 7) is 3.52. The average molecular weight is 293 g/mol. The molecule has 4 heteroatoms. The summed E-state index contributed by atoms with van der Waals surface area (Å²) in [6, 6.07) is 7.73. The molecule has 1 aliphatic heterocycles. The Morgan fingerprint density at radius 3 is 2.86 bits per heavy atom. The van der Waals surface area contributed by atoms with Crippen molar-refractivity contribution < 1.29 is 14.9 Å². The molecule has 1 fully saturated rings. The quantitative estimate of drug-likeness (QED) is 0.845. The van der Waals surface area contributed by atoms with Gasteiger partial charge in [0.25, 0.3) is 0 Å². The lowest BCUT2D eigenvalue weighted by atomic mass is 9.95. The summed E-state index contributed by atoms with van der Waals surface area (Å²) >= 11 is 0. The summed E-state index contributed by atoms with van der Waals surface area (Å²) in [6.07, 6.45) is 3.22. The van der Waals surface area contributed by atoms with Crippen molar-refractivity contribution in [1.82, 2.24) is 4.90 Å². The molecule has 3 unspecified atom stereocenters. The number of hydrogen-bond acceptors (Lipinski definition) is 4. The number of aliphatic hydroxyl groups is 2. The predicted molar refractivity (Wildman–Crippen MR) is 83.5 cm³/mol. The molecule has 0 radical (unpaired) electrons. The summed E-state index contributed by atoms with van der Waals surface area (Å²) < 4.78 is 5.21. The predicted octanol–water partition coefficient (Wildman–Crippen LogP) is 2.35. The van der Waals surface area contributed by atoms with Crippen LogP contribution in [0.2, 0.25) is 0 Å². The van der Waals surface area contributed by atoms with Crippen LogP contribution in [0.25, 0.3) is 0 Å². The highest BCUT2D eigenvalue weighted by molar-refractivity contribution is 5.29. The Kier molecular flexibility index (Phi) is 6.03. The Balaban J connectivity index is 2.03. The number of nitrogens with zero attached hydrogens (tertiary/aromatic N) is 1. The Labute approximate surface area is 127 Å². The molecule has 2 rings (SSSR count). The molecule has 3 atom stereocenters. The maximum absolute atomic E-state index is 10.5. The van der Waals surface area contributed by atoms with Crippen molar-refractivity contribution in [2.45, 2.75) is 50.9 Å². The molecule has 0 bridgehead atoms. The highest BCUT2D eigenvalue weighted by atomic mass is 16.5. The number of rotatable bonds is 6. The van der Waals surface area contributed by atoms with Gasteiger partial charge in [-0.25, -0.2) is 0 Å². The molecule has 4 nitrogen and oxygen atoms in total. The van der Waals surface area contributed by atoms with Gasteiger partial charge in [-0.2, -0.15) is 0 Å². The first-order chi connectivity index (χ1) is 10.2. The highest BCUT2D eigenvalue weighted by Gasteiger charge is 2.29. The van der Waals surface area contributed by atoms with E-state index < -0.39 is 6.10 Å². The third-order valence-corrected chi connectivity index (χ3v) is 4.41. The maximum atomic E-state index is 10.5. The van der Waals surface area contributed by atoms with E-state index in [4.69, 9.17) is 4.74 Å². The molecular weight excluding hydrogens is 266 g/mol. The first-order valence-corrected chi connectivity index (χ1v) is 7.89. The molecule has 1 aromatic rings. The van der Waals surface area contributed by atoms with E-state index in [0.717, 1.165) is 43.5 Å². The molecule has 1 aromatic carbocycles. The fraction of sp³-hybridized carbons (Fsp3) is 0.647. The van der Waals surface area contributed by atoms with Crippen LogP contribution in [0.1, 0.15) is 44.3 Å². The number of ether oxygens (including phenoxy) is 1. The average Bonchev–Trinajstić information content (AvgIpc) is 2.54. The molecule has 0 saturated carbocycles. The van der Waals surface area contributed by atoms with Crippen LogP contribution in [-0.2, 0) is 0 Å². The first kappa shape index (κ1) is 16.3. The van der Waals surface area contributed by atoms with Gasteiger partial charge in [-0.05, 0) is 43.5 Å². The van der Waals surface area contributed by atoms with Gasteiger partial charge >= 0.3 is 0 Å². The lowest BCUT2D eigenvalue weighted by Crippen LogP contribution is -2.48. The third-order valence-electron chi connectivity index (χ3n) is 4.41. The van der Waals surface area contributed by atoms with Gasteiger partial charge in [-0.3, -0.25) is 4.90 Å². The number of methoxy groups -OCH3 is 1. The van der Waals surface area contributed by atoms with Gasteiger partial charge in [0, 0.05) is 12.6 Å². The second kappa shape index (κ2) is 7.78. The standard InChI is InChI=1S/C17H27NO3/c1-3-16(19)15-9-4-5-10-18(15)12-17(20)13-7-6-8-14(11-13)21-2/h6-8,11,15-17,19-20H,3-5,9-10,12H2,1-2H3. The number of aliphatic hydroxyl groups excluding tert-OH is 2. The topological polar surface area (TPSA) is 52.9 Å². The van der Waals surface area contributed by atoms with Crippen molar-refractivity contribution in [3.63, 3.8) is 0 Å². The minimum atomic E-state index is -0.551. The third kappa shape index (κ3) is 4.19. The molecule has 21 heavy (non-hydrogen) atoms. The van der Waals surface area contributed by atoms with Crippen LogP contribution in [0.15, 0.2) is 24.3 Å². The summed E-state index contributed by atoms with van der Waals surface area (Å²) in [5, 5.41) is 20.7. The van der Waals surface area contributed by atoms with E-state index in [9.17, 15) is 10.2 Å². The van der Waals surface area contributed by atoms with E-state index in [1.807, 2.05) is 31.2 Å². The summed E-state index contributed by atoms with van der Waals surface area (Å²) in [5.74, 6) is 0.760. The van der Waals surface area contributed by atoms with Crippen LogP contribution in [-0.4, -0.2) is 47.5 Å². The molecule has 0 amide bonds. The van der Waals surface area contributed by atoms with Gasteiger partial charge in [-0.15, -0.1) is 0 Å². The van der Waals surface area contributed by atoms with Crippen LogP contribution in [0.5, 0.6) is 5.75 Å². The van der Waals surface area contributed by atoms with Crippen molar-refractivity contribution in [3.05, 3.63) is 29.8 Å². The minimum absolute atomic E-state index is 0.170. The summed E-state index contributed by atoms with van der Waals surface area (Å²) in [4.78, 5) is 2.24. The van der Waals surface area contributed by atoms with Gasteiger partial charge < -0.3 is 14.9 Å². The Morgan fingerprint density at radius 1 is 1.33 bits per heavy atom. The largest absolute Gasteiger partial charge is 0.497 e. The lowest BCUT2D eigenvalue weighted by Gasteiger charge is -2.39. The zero-order chi connectivity index (χ0) is 15.2. The van der Waals surface area contributed by atoms with E-state index in [2.05, 4.69) is 4.90 Å². The molecule has 0 spiro atoms. The first-order valence-electron chi connectivity index (χ1n) is 7.89. The maximum Gasteiger partial charge on any atom is 0.119 e. The molecule has 2 N–H and O–H groups in total. The van der Waals surface area contributed by atoms with E-state index in [1.54, 1.807) is 7.11 Å². The van der Waals surface area contributed by atoms with Crippen molar-refractivity contribution >= 4 is 0 Å². The van der Waals surface area contributed by atoms with Crippen LogP contribution in [0.4, 0.5) is 0 Å². The zero-order valence-corrected chi connectivity index (χ0v) is 13.0. The number of benzene rings is 1. The van der Waals surface area contributed by atoms with E-state index >= 15 is 0 Å². The van der Waals surface area contributed by atoms with E-state index in [1.165, 1.54) is 0 Å². The molecule has 1 saturated heterocycles. The fourth-order valence-electron chi connectivity index (χ4n) is 3.13. The normalized spacial score (nSPS) is 22.8. The number of piperidine rings is 1. The Hall–Kier alpha value is -1.10. The summed E-state index contributed by atoms with van der Waals surface area (Å²) in [5.41, 5.74) is 0.865. The van der Waals surface area contributed by atoms with E-state index in [-0.39, 0.29) is 12.1 Å². The molecular formula is C17H27NO3. The zero-order valence-electron chi connectivity index (χ0n) is 13.0. The number of hydrogen-bond donors (Lipinski definition) is 2. The van der Waals surface area contributed by atoms with Gasteiger partial charge in [0.05, 0.1) is 19.3 Å². The Bertz CT molecular complexity index is 438. The molecule has 118 valence electrons. The monoisotopic (exact) mass is 293 g/mol. The SMILES string of the molecule is CCC(O)C1CCCCN1CC(O)c1cccc(OC)c1. The van der Waals surface area contributed by atoms with Gasteiger partial charge in [-0.1, -0.05) is 25.5 Å². The molecule has 1 heterocycles. The van der Waals surface area contributed by atoms with Gasteiger partial charge in [0.1, 0.15) is 5.75 Å². The van der Waals surface area contributed by atoms with Crippen molar-refractivity contribution in [1.29, 1.82) is 0 Å². The summed E-state index contributed by atoms with van der Waals surface area (Å²) in [7, 11) is 1.63. The lowest BCUT2D eigenvalue weighted by molar-refractivity contribution is -0.00123. The highest BCUT2D eigenvalue weighted by Crippen LogP contribution is 2.25.